The predicted molar refractivity (Wildman–Crippen MR) is 244 cm³/mol. The van der Waals surface area contributed by atoms with Crippen molar-refractivity contribution in [1.29, 1.82) is 0 Å². The maximum absolute atomic E-state index is 12.3. The van der Waals surface area contributed by atoms with Crippen LogP contribution in [-0.2, 0) is 42.6 Å². The van der Waals surface area contributed by atoms with Crippen molar-refractivity contribution in [1.82, 2.24) is 0 Å². The van der Waals surface area contributed by atoms with E-state index in [2.05, 4.69) is 19.9 Å². The van der Waals surface area contributed by atoms with Gasteiger partial charge in [-0.3, -0.25) is 0 Å². The van der Waals surface area contributed by atoms with Gasteiger partial charge in [-0.05, 0) is 106 Å². The molecule has 0 aromatic rings. The van der Waals surface area contributed by atoms with E-state index in [9.17, 15) is 66.4 Å². The third-order valence-corrected chi connectivity index (χ3v) is 18.5. The van der Waals surface area contributed by atoms with E-state index in [-0.39, 0.29) is 35.4 Å². The molecule has 9 rings (SSSR count). The fraction of sp³-hybridized carbons (Fsp3) is 0.920. The van der Waals surface area contributed by atoms with Crippen LogP contribution in [0.2, 0.25) is 0 Å². The van der Waals surface area contributed by atoms with Crippen molar-refractivity contribution in [2.45, 2.75) is 221 Å². The number of aliphatic hydroxyl groups excluding tert-OH is 12. The van der Waals surface area contributed by atoms with Crippen molar-refractivity contribution >= 4 is 0 Å². The lowest BCUT2D eigenvalue weighted by Gasteiger charge is -2.58. The van der Waals surface area contributed by atoms with Gasteiger partial charge < -0.3 is 109 Å². The molecule has 5 aliphatic heterocycles. The second-order valence-electron chi connectivity index (χ2n) is 23.1. The van der Waals surface area contributed by atoms with Crippen LogP contribution in [-0.4, -0.2) is 227 Å². The number of allylic oxidation sites excluding steroid dienone is 2. The normalized spacial score (nSPS) is 54.5. The Morgan fingerprint density at radius 1 is 0.708 bits per heavy atom. The number of hydrogen-bond donors (Lipinski definition) is 13. The molecule has 0 amide bonds. The fourth-order valence-electron chi connectivity index (χ4n) is 14.4. The van der Waals surface area contributed by atoms with Crippen LogP contribution in [0, 0.1) is 40.4 Å². The molecule has 4 aliphatic carbocycles. The molecule has 3 saturated carbocycles. The molecule has 5 saturated heterocycles. The van der Waals surface area contributed by atoms with Gasteiger partial charge in [0.15, 0.2) is 25.2 Å². The first kappa shape index (κ1) is 55.2. The third kappa shape index (κ3) is 9.78. The average Bonchev–Trinajstić information content (AvgIpc) is 3.81. The molecule has 0 aromatic heterocycles. The Hall–Kier alpha value is -1.56. The minimum atomic E-state index is -1.75. The molecule has 412 valence electrons. The summed E-state index contributed by atoms with van der Waals surface area (Å²) in [6.45, 7) is 8.43. The van der Waals surface area contributed by atoms with Crippen molar-refractivity contribution in [3.05, 3.63) is 23.5 Å². The molecule has 9 aliphatic rings. The second kappa shape index (κ2) is 21.3. The maximum Gasteiger partial charge on any atom is 0.187 e. The van der Waals surface area contributed by atoms with Gasteiger partial charge in [0.1, 0.15) is 103 Å². The number of fused-ring (bicyclic) bond motifs is 7. The Bertz CT molecular complexity index is 1920. The minimum absolute atomic E-state index is 0.0972. The lowest BCUT2D eigenvalue weighted by Crippen LogP contribution is -2.66. The van der Waals surface area contributed by atoms with Crippen LogP contribution in [0.15, 0.2) is 23.5 Å². The SMILES string of the molecule is C[C@H](C/C=C1\OC2CC3C4CC=C5C[C@@H](O[C@@H]6O[C@H](CO)[C@@H](O[C@@H]7OC[C@@H](O)[C@H](O)[C@H]7O)[C@H](O)[C@H]6O[C@@H]6O[C@H](C)[C@@H](O)[C@H](O)[C@H]6O)CC[C@]5(C)C4CC[C@]3(C)C2[C@]1(C)O)CO[C@@H]1O[C@H](CO)[C@@H](O)[C@H](O)[C@H]1O. The number of ether oxygens (including phenoxy) is 9. The molecule has 5 heterocycles. The summed E-state index contributed by atoms with van der Waals surface area (Å²) in [5, 5.41) is 138. The second-order valence-corrected chi connectivity index (χ2v) is 23.1. The van der Waals surface area contributed by atoms with E-state index in [1.807, 2.05) is 19.9 Å². The first-order chi connectivity index (χ1) is 34.0. The highest BCUT2D eigenvalue weighted by molar-refractivity contribution is 5.29. The summed E-state index contributed by atoms with van der Waals surface area (Å²) < 4.78 is 54.1. The van der Waals surface area contributed by atoms with Crippen LogP contribution in [0.4, 0.5) is 0 Å². The van der Waals surface area contributed by atoms with Gasteiger partial charge in [0, 0.05) is 5.92 Å². The lowest BCUT2D eigenvalue weighted by molar-refractivity contribution is -0.385. The van der Waals surface area contributed by atoms with E-state index in [0.717, 1.165) is 32.1 Å². The van der Waals surface area contributed by atoms with Gasteiger partial charge in [-0.25, -0.2) is 0 Å². The zero-order valence-electron chi connectivity index (χ0n) is 41.6. The minimum Gasteiger partial charge on any atom is -0.492 e. The zero-order chi connectivity index (χ0) is 51.9. The molecule has 22 nitrogen and oxygen atoms in total. The topological polar surface area (TPSA) is 346 Å². The average molecular weight is 1030 g/mol. The van der Waals surface area contributed by atoms with Crippen LogP contribution < -0.4 is 0 Å². The number of rotatable bonds is 13. The largest absolute Gasteiger partial charge is 0.492 e. The molecule has 8 fully saturated rings. The van der Waals surface area contributed by atoms with Crippen LogP contribution in [0.3, 0.4) is 0 Å². The molecule has 22 heteroatoms. The third-order valence-electron chi connectivity index (χ3n) is 18.5. The molecule has 0 radical (unpaired) electrons. The molecule has 0 bridgehead atoms. The van der Waals surface area contributed by atoms with Crippen LogP contribution in [0.5, 0.6) is 0 Å². The fourth-order valence-corrected chi connectivity index (χ4v) is 14.4. The van der Waals surface area contributed by atoms with E-state index in [1.54, 1.807) is 0 Å². The van der Waals surface area contributed by atoms with Gasteiger partial charge >= 0.3 is 0 Å². The summed E-state index contributed by atoms with van der Waals surface area (Å²) in [5.74, 6) is 1.30. The standard InChI is InChI=1S/C50H80O22/c1-20(18-64-44-38(60)36(58)34(56)29(16-51)69-44)6-9-31-50(5,63)43-28(68-31)15-26-24-8-7-22-14-23(10-12-48(22,3)25(24)11-13-49(26,43)4)67-47-42(72-46-39(61)35(57)32(54)21(2)66-46)40(62)41(30(17-52)70-47)71-45-37(59)33(55)27(53)19-65-45/h7,9,20-21,23-30,32-47,51-63H,6,8,10-19H2,1-5H3/b31-9-/t20-,21-,23+,24?,25?,26?,27-,28?,29-,30-,32-,33+,34-,35+,36+,37-,38-,39-,40+,41-,42-,43?,44-,45+,46+,47-,48+,49+,50-/m1/s1. The van der Waals surface area contributed by atoms with E-state index in [1.165, 1.54) is 12.5 Å². The summed E-state index contributed by atoms with van der Waals surface area (Å²) >= 11 is 0. The smallest absolute Gasteiger partial charge is 0.187 e. The zero-order valence-corrected chi connectivity index (χ0v) is 41.6. The van der Waals surface area contributed by atoms with Crippen molar-refractivity contribution in [2.75, 3.05) is 26.4 Å². The predicted octanol–water partition coefficient (Wildman–Crippen LogP) is -2.45. The van der Waals surface area contributed by atoms with E-state index in [4.69, 9.17) is 42.6 Å². The molecular weight excluding hydrogens is 953 g/mol. The van der Waals surface area contributed by atoms with E-state index < -0.39 is 148 Å². The summed E-state index contributed by atoms with van der Waals surface area (Å²) in [5.41, 5.74) is -0.336. The highest BCUT2D eigenvalue weighted by Crippen LogP contribution is 2.70. The van der Waals surface area contributed by atoms with Crippen LogP contribution >= 0.6 is 0 Å². The molecule has 72 heavy (non-hydrogen) atoms. The Labute approximate surface area is 419 Å². The van der Waals surface area contributed by atoms with Gasteiger partial charge in [0.05, 0.1) is 38.6 Å². The van der Waals surface area contributed by atoms with E-state index >= 15 is 0 Å². The first-order valence-electron chi connectivity index (χ1n) is 26.0. The van der Waals surface area contributed by atoms with Gasteiger partial charge in [0.2, 0.25) is 0 Å². The quantitative estimate of drug-likeness (QED) is 0.0852. The molecular formula is C50H80O22. The lowest BCUT2D eigenvalue weighted by atomic mass is 9.46. The van der Waals surface area contributed by atoms with Crippen molar-refractivity contribution in [3.63, 3.8) is 0 Å². The molecule has 5 unspecified atom stereocenters. The highest BCUT2D eigenvalue weighted by Gasteiger charge is 2.69. The summed E-state index contributed by atoms with van der Waals surface area (Å²) in [7, 11) is 0. The van der Waals surface area contributed by atoms with E-state index in [0.29, 0.717) is 42.8 Å². The van der Waals surface area contributed by atoms with Crippen LogP contribution in [0.1, 0.15) is 86.0 Å². The van der Waals surface area contributed by atoms with Crippen molar-refractivity contribution in [2.24, 2.45) is 40.4 Å². The monoisotopic (exact) mass is 1030 g/mol. The van der Waals surface area contributed by atoms with Gasteiger partial charge in [-0.1, -0.05) is 32.4 Å². The van der Waals surface area contributed by atoms with Gasteiger partial charge in [-0.2, -0.15) is 0 Å². The molecule has 0 spiro atoms. The van der Waals surface area contributed by atoms with Crippen LogP contribution in [0.25, 0.3) is 0 Å². The summed E-state index contributed by atoms with van der Waals surface area (Å²) in [4.78, 5) is 0. The highest BCUT2D eigenvalue weighted by atomic mass is 16.8. The number of hydrogen-bond acceptors (Lipinski definition) is 22. The van der Waals surface area contributed by atoms with Crippen molar-refractivity contribution < 1.29 is 109 Å². The Morgan fingerprint density at radius 2 is 1.38 bits per heavy atom. The molecule has 0 aromatic carbocycles. The number of aliphatic hydroxyl groups is 13. The molecule has 13 N–H and O–H groups in total. The van der Waals surface area contributed by atoms with Gasteiger partial charge in [0.25, 0.3) is 0 Å². The maximum atomic E-state index is 12.3. The Kier molecular flexibility index (Phi) is 16.4. The van der Waals surface area contributed by atoms with Crippen molar-refractivity contribution in [3.8, 4) is 0 Å². The Morgan fingerprint density at radius 3 is 2.10 bits per heavy atom. The summed E-state index contributed by atoms with van der Waals surface area (Å²) in [6, 6.07) is 0. The first-order valence-corrected chi connectivity index (χ1v) is 26.0. The Balaban J connectivity index is 0.857. The van der Waals surface area contributed by atoms with Gasteiger partial charge in [-0.15, -0.1) is 0 Å². The summed E-state index contributed by atoms with van der Waals surface area (Å²) in [6.07, 6.45) is -18.3. The molecule has 29 atom stereocenters.